The summed E-state index contributed by atoms with van der Waals surface area (Å²) in [4.78, 5) is 10.9. The summed E-state index contributed by atoms with van der Waals surface area (Å²) in [5, 5.41) is 0. The maximum atomic E-state index is 13.4. The minimum absolute atomic E-state index is 0.187. The number of carbonyl (C=O) groups excluding carboxylic acids is 1. The summed E-state index contributed by atoms with van der Waals surface area (Å²) < 4.78 is 72.7. The van der Waals surface area contributed by atoms with Gasteiger partial charge in [0.15, 0.2) is 0 Å². The largest absolute Gasteiger partial charge is 0.464 e. The average Bonchev–Trinajstić information content (AvgIpc) is 2.38. The van der Waals surface area contributed by atoms with Crippen LogP contribution in [0.1, 0.15) is 13.8 Å². The van der Waals surface area contributed by atoms with E-state index >= 15 is 0 Å². The van der Waals surface area contributed by atoms with E-state index in [1.807, 2.05) is 0 Å². The molecule has 100 valence electrons. The van der Waals surface area contributed by atoms with Crippen molar-refractivity contribution in [3.8, 4) is 0 Å². The van der Waals surface area contributed by atoms with Gasteiger partial charge in [0.25, 0.3) is 0 Å². The number of ether oxygens (including phenoxy) is 2. The molecule has 0 bridgehead atoms. The summed E-state index contributed by atoms with van der Waals surface area (Å²) in [6.07, 6.45) is -9.67. The lowest BCUT2D eigenvalue weighted by Gasteiger charge is -2.19. The van der Waals surface area contributed by atoms with Gasteiger partial charge in [0.2, 0.25) is 6.17 Å². The van der Waals surface area contributed by atoms with Crippen LogP contribution >= 0.6 is 0 Å². The highest BCUT2D eigenvalue weighted by molar-refractivity contribution is 5.75. The van der Waals surface area contributed by atoms with Crippen LogP contribution in [0.25, 0.3) is 0 Å². The number of rotatable bonds is 3. The van der Waals surface area contributed by atoms with Crippen LogP contribution < -0.4 is 0 Å². The molecule has 0 aromatic carbocycles. The van der Waals surface area contributed by atoms with E-state index in [1.165, 1.54) is 6.92 Å². The number of hydrogen-bond acceptors (Lipinski definition) is 3. The Morgan fingerprint density at radius 3 is 2.29 bits per heavy atom. The molecule has 1 unspecified atom stereocenters. The molecule has 0 spiro atoms. The monoisotopic (exact) mass is 262 g/mol. The topological polar surface area (TPSA) is 35.5 Å². The quantitative estimate of drug-likeness (QED) is 0.577. The summed E-state index contributed by atoms with van der Waals surface area (Å²) in [5.74, 6) is -8.14. The van der Waals surface area contributed by atoms with E-state index in [0.29, 0.717) is 6.92 Å². The standard InChI is InChI=1S/C9H11F5O3/c1-3-16-7(15)5(10)6-4(2)8(11,12)9(13,14)17-6/h4-6H,3H2,1-2H3/t4-,5?,6+/m0/s1. The summed E-state index contributed by atoms with van der Waals surface area (Å²) >= 11 is 0. The molecule has 3 nitrogen and oxygen atoms in total. The fraction of sp³-hybridized carbons (Fsp3) is 0.889. The normalized spacial score (nSPS) is 32.2. The van der Waals surface area contributed by atoms with Crippen molar-refractivity contribution in [2.24, 2.45) is 5.92 Å². The maximum absolute atomic E-state index is 13.4. The Bertz CT molecular complexity index is 307. The highest BCUT2D eigenvalue weighted by Crippen LogP contribution is 2.51. The molecule has 1 aliphatic rings. The minimum Gasteiger partial charge on any atom is -0.464 e. The zero-order chi connectivity index (χ0) is 13.4. The van der Waals surface area contributed by atoms with Gasteiger partial charge < -0.3 is 9.47 Å². The van der Waals surface area contributed by atoms with E-state index in [9.17, 15) is 26.7 Å². The molecule has 1 aliphatic heterocycles. The molecule has 0 aromatic heterocycles. The molecule has 1 rings (SSSR count). The maximum Gasteiger partial charge on any atom is 0.420 e. The Hall–Kier alpha value is -0.920. The van der Waals surface area contributed by atoms with Crippen molar-refractivity contribution in [1.29, 1.82) is 0 Å². The SMILES string of the molecule is CCOC(=O)C(F)[C@@H]1OC(F)(F)C(F)(F)[C@H]1C. The summed E-state index contributed by atoms with van der Waals surface area (Å²) in [6, 6.07) is 0. The molecule has 1 saturated heterocycles. The lowest BCUT2D eigenvalue weighted by Crippen LogP contribution is -2.40. The van der Waals surface area contributed by atoms with Gasteiger partial charge in [-0.2, -0.15) is 17.6 Å². The zero-order valence-electron chi connectivity index (χ0n) is 9.05. The van der Waals surface area contributed by atoms with Gasteiger partial charge >= 0.3 is 18.0 Å². The molecular formula is C9H11F5O3. The molecule has 0 amide bonds. The molecule has 1 fully saturated rings. The molecule has 17 heavy (non-hydrogen) atoms. The molecular weight excluding hydrogens is 251 g/mol. The van der Waals surface area contributed by atoms with Crippen LogP contribution in [0, 0.1) is 5.92 Å². The van der Waals surface area contributed by atoms with Gasteiger partial charge in [-0.3, -0.25) is 0 Å². The van der Waals surface area contributed by atoms with Crippen molar-refractivity contribution in [1.82, 2.24) is 0 Å². The van der Waals surface area contributed by atoms with Crippen LogP contribution in [0.5, 0.6) is 0 Å². The van der Waals surface area contributed by atoms with Gasteiger partial charge in [0, 0.05) is 0 Å². The van der Waals surface area contributed by atoms with E-state index in [2.05, 4.69) is 9.47 Å². The van der Waals surface area contributed by atoms with Crippen molar-refractivity contribution in [3.63, 3.8) is 0 Å². The van der Waals surface area contributed by atoms with Gasteiger partial charge in [-0.1, -0.05) is 6.92 Å². The fourth-order valence-electron chi connectivity index (χ4n) is 1.49. The lowest BCUT2D eigenvalue weighted by atomic mass is 9.96. The minimum atomic E-state index is -4.78. The van der Waals surface area contributed by atoms with Crippen LogP contribution in [0.4, 0.5) is 22.0 Å². The lowest BCUT2D eigenvalue weighted by molar-refractivity contribution is -0.314. The summed E-state index contributed by atoms with van der Waals surface area (Å²) in [7, 11) is 0. The number of alkyl halides is 5. The number of carbonyl (C=O) groups is 1. The summed E-state index contributed by atoms with van der Waals surface area (Å²) in [6.45, 7) is 1.87. The van der Waals surface area contributed by atoms with Gasteiger partial charge in [-0.05, 0) is 6.92 Å². The molecule has 0 aromatic rings. The van der Waals surface area contributed by atoms with Crippen LogP contribution in [0.3, 0.4) is 0 Å². The van der Waals surface area contributed by atoms with Crippen molar-refractivity contribution >= 4 is 5.97 Å². The van der Waals surface area contributed by atoms with E-state index in [4.69, 9.17) is 0 Å². The Morgan fingerprint density at radius 1 is 1.41 bits per heavy atom. The predicted octanol–water partition coefficient (Wildman–Crippen LogP) is 2.15. The van der Waals surface area contributed by atoms with Crippen molar-refractivity contribution in [3.05, 3.63) is 0 Å². The first kappa shape index (κ1) is 14.1. The van der Waals surface area contributed by atoms with Crippen molar-refractivity contribution in [2.75, 3.05) is 6.61 Å². The zero-order valence-corrected chi connectivity index (χ0v) is 9.05. The van der Waals surface area contributed by atoms with Gasteiger partial charge in [0.1, 0.15) is 6.10 Å². The van der Waals surface area contributed by atoms with Crippen LogP contribution in [-0.4, -0.2) is 36.9 Å². The number of hydrogen-bond donors (Lipinski definition) is 0. The number of halogens is 5. The van der Waals surface area contributed by atoms with E-state index in [1.54, 1.807) is 0 Å². The Balaban J connectivity index is 2.85. The smallest absolute Gasteiger partial charge is 0.420 e. The third-order valence-corrected chi connectivity index (χ3v) is 2.54. The van der Waals surface area contributed by atoms with Gasteiger partial charge in [-0.15, -0.1) is 0 Å². The second-order valence-electron chi connectivity index (χ2n) is 3.66. The predicted molar refractivity (Wildman–Crippen MR) is 45.5 cm³/mol. The highest BCUT2D eigenvalue weighted by Gasteiger charge is 2.71. The van der Waals surface area contributed by atoms with E-state index in [-0.39, 0.29) is 6.61 Å². The van der Waals surface area contributed by atoms with E-state index in [0.717, 1.165) is 0 Å². The Morgan fingerprint density at radius 2 is 1.94 bits per heavy atom. The van der Waals surface area contributed by atoms with Crippen molar-refractivity contribution < 1.29 is 36.2 Å². The molecule has 0 aliphatic carbocycles. The number of esters is 1. The highest BCUT2D eigenvalue weighted by atomic mass is 19.3. The summed E-state index contributed by atoms with van der Waals surface area (Å²) in [5.41, 5.74) is 0. The Kier molecular flexibility index (Phi) is 3.66. The molecule has 3 atom stereocenters. The second-order valence-corrected chi connectivity index (χ2v) is 3.66. The molecule has 0 saturated carbocycles. The first-order valence-corrected chi connectivity index (χ1v) is 4.89. The van der Waals surface area contributed by atoms with Crippen LogP contribution in [0.15, 0.2) is 0 Å². The first-order chi connectivity index (χ1) is 7.65. The van der Waals surface area contributed by atoms with Crippen LogP contribution in [-0.2, 0) is 14.3 Å². The third kappa shape index (κ3) is 2.22. The third-order valence-electron chi connectivity index (χ3n) is 2.54. The van der Waals surface area contributed by atoms with Crippen LogP contribution in [0.2, 0.25) is 0 Å². The van der Waals surface area contributed by atoms with Crippen molar-refractivity contribution in [2.45, 2.75) is 38.2 Å². The first-order valence-electron chi connectivity index (χ1n) is 4.89. The Labute approximate surface area is 93.9 Å². The van der Waals surface area contributed by atoms with Gasteiger partial charge in [-0.25, -0.2) is 9.18 Å². The fourth-order valence-corrected chi connectivity index (χ4v) is 1.49. The van der Waals surface area contributed by atoms with Gasteiger partial charge in [0.05, 0.1) is 12.5 Å². The second kappa shape index (κ2) is 4.40. The van der Waals surface area contributed by atoms with E-state index < -0.39 is 36.2 Å². The molecule has 0 N–H and O–H groups in total. The average molecular weight is 262 g/mol. The molecule has 8 heteroatoms. The molecule has 0 radical (unpaired) electrons. The molecule has 1 heterocycles.